The Balaban J connectivity index is 1.58. The van der Waals surface area contributed by atoms with E-state index in [0.717, 1.165) is 59.6 Å². The standard InChI is InChI=1S/C20H20FN5/c1-12-23-17-3-2-14(9-18(17)24-12)15-8-16(21)20-25-19(11-26(20)10-15)13-4-6-22-7-5-13/h2-3,8-11,13,22H,4-7H2,1H3,(H,23,24). The van der Waals surface area contributed by atoms with E-state index in [4.69, 9.17) is 0 Å². The normalized spacial score (nSPS) is 15.9. The number of aromatic nitrogens is 4. The zero-order valence-corrected chi connectivity index (χ0v) is 14.6. The molecule has 1 saturated heterocycles. The molecule has 0 aliphatic carbocycles. The van der Waals surface area contributed by atoms with Gasteiger partial charge in [-0.2, -0.15) is 0 Å². The number of H-pyrrole nitrogens is 1. The molecule has 1 fully saturated rings. The molecule has 0 unspecified atom stereocenters. The average molecular weight is 349 g/mol. The van der Waals surface area contributed by atoms with Crippen molar-refractivity contribution in [3.05, 3.63) is 54.0 Å². The maximum Gasteiger partial charge on any atom is 0.173 e. The van der Waals surface area contributed by atoms with Crippen molar-refractivity contribution in [2.24, 2.45) is 0 Å². The minimum Gasteiger partial charge on any atom is -0.342 e. The van der Waals surface area contributed by atoms with Gasteiger partial charge in [0.15, 0.2) is 11.5 Å². The SMILES string of the molecule is Cc1nc2cc(-c3cc(F)c4nc(C5CCNCC5)cn4c3)ccc2[nH]1. The number of nitrogens with one attached hydrogen (secondary N) is 2. The summed E-state index contributed by atoms with van der Waals surface area (Å²) in [6, 6.07) is 7.53. The molecule has 1 aliphatic heterocycles. The first-order valence-electron chi connectivity index (χ1n) is 9.03. The second-order valence-corrected chi connectivity index (χ2v) is 7.05. The maximum atomic E-state index is 14.7. The highest BCUT2D eigenvalue weighted by Gasteiger charge is 2.19. The largest absolute Gasteiger partial charge is 0.342 e. The van der Waals surface area contributed by atoms with Gasteiger partial charge in [0.05, 0.1) is 16.7 Å². The minimum atomic E-state index is -0.291. The van der Waals surface area contributed by atoms with Crippen molar-refractivity contribution >= 4 is 16.7 Å². The van der Waals surface area contributed by atoms with Crippen molar-refractivity contribution < 1.29 is 4.39 Å². The molecule has 4 aromatic rings. The lowest BCUT2D eigenvalue weighted by Crippen LogP contribution is -2.26. The predicted octanol–water partition coefficient (Wildman–Crippen LogP) is 3.79. The number of hydrogen-bond donors (Lipinski definition) is 2. The highest BCUT2D eigenvalue weighted by Crippen LogP contribution is 2.28. The van der Waals surface area contributed by atoms with Crippen LogP contribution >= 0.6 is 0 Å². The predicted molar refractivity (Wildman–Crippen MR) is 99.8 cm³/mol. The van der Waals surface area contributed by atoms with Crippen LogP contribution in [-0.2, 0) is 0 Å². The number of benzene rings is 1. The Morgan fingerprint density at radius 3 is 2.77 bits per heavy atom. The third kappa shape index (κ3) is 2.57. The second-order valence-electron chi connectivity index (χ2n) is 7.05. The number of halogens is 1. The third-order valence-corrected chi connectivity index (χ3v) is 5.22. The number of rotatable bonds is 2. The number of aromatic amines is 1. The molecule has 0 amide bonds. The smallest absolute Gasteiger partial charge is 0.173 e. The van der Waals surface area contributed by atoms with Gasteiger partial charge in [0.25, 0.3) is 0 Å². The average Bonchev–Trinajstić information content (AvgIpc) is 3.24. The van der Waals surface area contributed by atoms with Gasteiger partial charge in [-0.05, 0) is 56.6 Å². The lowest BCUT2D eigenvalue weighted by molar-refractivity contribution is 0.454. The van der Waals surface area contributed by atoms with Crippen LogP contribution in [0.15, 0.2) is 36.7 Å². The molecule has 132 valence electrons. The van der Waals surface area contributed by atoms with Crippen LogP contribution in [0.2, 0.25) is 0 Å². The van der Waals surface area contributed by atoms with E-state index in [1.54, 1.807) is 6.07 Å². The van der Waals surface area contributed by atoms with E-state index >= 15 is 0 Å². The molecule has 26 heavy (non-hydrogen) atoms. The number of fused-ring (bicyclic) bond motifs is 2. The minimum absolute atomic E-state index is 0.291. The molecule has 1 aromatic carbocycles. The van der Waals surface area contributed by atoms with Crippen LogP contribution < -0.4 is 5.32 Å². The van der Waals surface area contributed by atoms with Crippen LogP contribution in [0.3, 0.4) is 0 Å². The maximum absolute atomic E-state index is 14.7. The second kappa shape index (κ2) is 5.92. The van der Waals surface area contributed by atoms with E-state index in [9.17, 15) is 4.39 Å². The van der Waals surface area contributed by atoms with Crippen molar-refractivity contribution in [1.29, 1.82) is 0 Å². The monoisotopic (exact) mass is 349 g/mol. The third-order valence-electron chi connectivity index (χ3n) is 5.22. The fourth-order valence-electron chi connectivity index (χ4n) is 3.86. The lowest BCUT2D eigenvalue weighted by Gasteiger charge is -2.20. The van der Waals surface area contributed by atoms with Gasteiger partial charge < -0.3 is 14.7 Å². The molecular weight excluding hydrogens is 329 g/mol. The van der Waals surface area contributed by atoms with Gasteiger partial charge in [0.2, 0.25) is 0 Å². The summed E-state index contributed by atoms with van der Waals surface area (Å²) in [5.74, 6) is 0.989. The summed E-state index contributed by atoms with van der Waals surface area (Å²) in [5, 5.41) is 3.36. The number of pyridine rings is 1. The highest BCUT2D eigenvalue weighted by molar-refractivity contribution is 5.82. The van der Waals surface area contributed by atoms with Crippen LogP contribution in [0.1, 0.15) is 30.3 Å². The van der Waals surface area contributed by atoms with Crippen LogP contribution in [0.25, 0.3) is 27.8 Å². The van der Waals surface area contributed by atoms with Crippen molar-refractivity contribution in [2.75, 3.05) is 13.1 Å². The molecule has 4 heterocycles. The summed E-state index contributed by atoms with van der Waals surface area (Å²) >= 11 is 0. The number of hydrogen-bond acceptors (Lipinski definition) is 3. The van der Waals surface area contributed by atoms with Crippen LogP contribution in [-0.4, -0.2) is 32.4 Å². The van der Waals surface area contributed by atoms with Gasteiger partial charge >= 0.3 is 0 Å². The fraction of sp³-hybridized carbons (Fsp3) is 0.300. The molecule has 0 radical (unpaired) electrons. The van der Waals surface area contributed by atoms with Gasteiger partial charge in [-0.1, -0.05) is 6.07 Å². The Morgan fingerprint density at radius 2 is 1.92 bits per heavy atom. The lowest BCUT2D eigenvalue weighted by atomic mass is 9.95. The summed E-state index contributed by atoms with van der Waals surface area (Å²) in [7, 11) is 0. The van der Waals surface area contributed by atoms with E-state index < -0.39 is 0 Å². The van der Waals surface area contributed by atoms with E-state index in [-0.39, 0.29) is 5.82 Å². The molecule has 5 rings (SSSR count). The summed E-state index contributed by atoms with van der Waals surface area (Å²) in [4.78, 5) is 12.3. The van der Waals surface area contributed by atoms with E-state index in [0.29, 0.717) is 11.6 Å². The first kappa shape index (κ1) is 15.5. The van der Waals surface area contributed by atoms with Gasteiger partial charge in [-0.25, -0.2) is 14.4 Å². The Hall–Kier alpha value is -2.73. The Morgan fingerprint density at radius 1 is 1.08 bits per heavy atom. The number of piperidine rings is 1. The molecule has 0 bridgehead atoms. The van der Waals surface area contributed by atoms with Crippen molar-refractivity contribution in [3.8, 4) is 11.1 Å². The van der Waals surface area contributed by atoms with E-state index in [1.807, 2.05) is 41.9 Å². The molecule has 5 nitrogen and oxygen atoms in total. The number of imidazole rings is 2. The number of aryl methyl sites for hydroxylation is 1. The summed E-state index contributed by atoms with van der Waals surface area (Å²) < 4.78 is 16.5. The molecule has 2 N–H and O–H groups in total. The Labute approximate surface area is 150 Å². The molecule has 6 heteroatoms. The van der Waals surface area contributed by atoms with Crippen molar-refractivity contribution in [2.45, 2.75) is 25.7 Å². The Kier molecular flexibility index (Phi) is 3.53. The molecule has 0 saturated carbocycles. The van der Waals surface area contributed by atoms with Crippen molar-refractivity contribution in [3.63, 3.8) is 0 Å². The van der Waals surface area contributed by atoms with Gasteiger partial charge in [-0.3, -0.25) is 0 Å². The summed E-state index contributed by atoms with van der Waals surface area (Å²) in [6.45, 7) is 3.92. The molecular formula is C20H20FN5. The first-order valence-corrected chi connectivity index (χ1v) is 9.03. The Bertz CT molecular complexity index is 1100. The zero-order chi connectivity index (χ0) is 17.7. The summed E-state index contributed by atoms with van der Waals surface area (Å²) in [6.07, 6.45) is 6.03. The molecule has 0 atom stereocenters. The van der Waals surface area contributed by atoms with Crippen molar-refractivity contribution in [1.82, 2.24) is 24.7 Å². The van der Waals surface area contributed by atoms with Gasteiger partial charge in [0, 0.05) is 23.9 Å². The topological polar surface area (TPSA) is 58.0 Å². The molecule has 0 spiro atoms. The van der Waals surface area contributed by atoms with Gasteiger partial charge in [0.1, 0.15) is 5.82 Å². The zero-order valence-electron chi connectivity index (χ0n) is 14.6. The number of nitrogens with zero attached hydrogens (tertiary/aromatic N) is 3. The fourth-order valence-corrected chi connectivity index (χ4v) is 3.86. The first-order chi connectivity index (χ1) is 12.7. The van der Waals surface area contributed by atoms with Crippen LogP contribution in [0.5, 0.6) is 0 Å². The molecule has 1 aliphatic rings. The van der Waals surface area contributed by atoms with Crippen LogP contribution in [0.4, 0.5) is 4.39 Å². The quantitative estimate of drug-likeness (QED) is 0.579. The van der Waals surface area contributed by atoms with E-state index in [1.165, 1.54) is 0 Å². The highest BCUT2D eigenvalue weighted by atomic mass is 19.1. The van der Waals surface area contributed by atoms with Crippen LogP contribution in [0, 0.1) is 12.7 Å². The van der Waals surface area contributed by atoms with Gasteiger partial charge in [-0.15, -0.1) is 0 Å². The van der Waals surface area contributed by atoms with E-state index in [2.05, 4.69) is 20.3 Å². The molecule has 3 aromatic heterocycles. The summed E-state index contributed by atoms with van der Waals surface area (Å²) in [5.41, 5.74) is 5.04.